The maximum absolute atomic E-state index is 12.4. The number of aldehydes is 1. The molecule has 1 heterocycles. The van der Waals surface area contributed by atoms with Crippen molar-refractivity contribution >= 4 is 27.7 Å². The summed E-state index contributed by atoms with van der Waals surface area (Å²) >= 11 is 1.54. The van der Waals surface area contributed by atoms with Crippen LogP contribution in [0.3, 0.4) is 0 Å². The second-order valence-electron chi connectivity index (χ2n) is 4.59. The smallest absolute Gasteiger partial charge is 0.406 e. The van der Waals surface area contributed by atoms with Gasteiger partial charge in [-0.15, -0.1) is 24.5 Å². The summed E-state index contributed by atoms with van der Waals surface area (Å²) in [7, 11) is 0. The maximum Gasteiger partial charge on any atom is 0.573 e. The minimum Gasteiger partial charge on any atom is -0.406 e. The third-order valence-corrected chi connectivity index (χ3v) is 3.99. The van der Waals surface area contributed by atoms with E-state index in [4.69, 9.17) is 0 Å². The van der Waals surface area contributed by atoms with E-state index < -0.39 is 12.1 Å². The van der Waals surface area contributed by atoms with Crippen LogP contribution >= 0.6 is 11.3 Å². The maximum atomic E-state index is 12.4. The lowest BCUT2D eigenvalue weighted by molar-refractivity contribution is -0.274. The Morgan fingerprint density at radius 3 is 2.64 bits per heavy atom. The van der Waals surface area contributed by atoms with Crippen LogP contribution in [0, 0.1) is 0 Å². The zero-order chi connectivity index (χ0) is 15.7. The van der Waals surface area contributed by atoms with Crippen LogP contribution in [0.15, 0.2) is 47.8 Å². The Labute approximate surface area is 127 Å². The SMILES string of the molecule is O=Cc1cc(OC(F)(F)F)cc(-c2cccc3sccc23)c1. The second-order valence-corrected chi connectivity index (χ2v) is 5.54. The molecular weight excluding hydrogens is 313 g/mol. The Morgan fingerprint density at radius 1 is 1.09 bits per heavy atom. The van der Waals surface area contributed by atoms with Crippen molar-refractivity contribution in [3.8, 4) is 16.9 Å². The van der Waals surface area contributed by atoms with Gasteiger partial charge in [0.2, 0.25) is 0 Å². The number of rotatable bonds is 3. The van der Waals surface area contributed by atoms with Crippen LogP contribution in [-0.4, -0.2) is 12.6 Å². The van der Waals surface area contributed by atoms with Crippen LogP contribution in [0.25, 0.3) is 21.2 Å². The van der Waals surface area contributed by atoms with Crippen molar-refractivity contribution in [2.45, 2.75) is 6.36 Å². The Balaban J connectivity index is 2.16. The molecule has 0 amide bonds. The molecule has 0 radical (unpaired) electrons. The number of carbonyl (C=O) groups excluding carboxylic acids is 1. The molecule has 0 aliphatic rings. The fourth-order valence-corrected chi connectivity index (χ4v) is 3.10. The van der Waals surface area contributed by atoms with Crippen LogP contribution < -0.4 is 4.74 Å². The molecule has 0 aliphatic carbocycles. The molecule has 0 unspecified atom stereocenters. The van der Waals surface area contributed by atoms with E-state index in [1.54, 1.807) is 12.1 Å². The lowest BCUT2D eigenvalue weighted by Crippen LogP contribution is -2.17. The standard InChI is InChI=1S/C16H9F3O2S/c17-16(18,19)21-12-7-10(9-20)6-11(8-12)13-2-1-3-15-14(13)4-5-22-15/h1-9H. The molecule has 0 N–H and O–H groups in total. The first-order valence-electron chi connectivity index (χ1n) is 6.29. The average Bonchev–Trinajstić information content (AvgIpc) is 2.93. The minimum absolute atomic E-state index is 0.129. The van der Waals surface area contributed by atoms with Gasteiger partial charge in [0.1, 0.15) is 12.0 Å². The third kappa shape index (κ3) is 2.96. The first-order chi connectivity index (χ1) is 10.5. The molecule has 22 heavy (non-hydrogen) atoms. The van der Waals surface area contributed by atoms with Crippen LogP contribution in [0.4, 0.5) is 13.2 Å². The predicted octanol–water partition coefficient (Wildman–Crippen LogP) is 5.28. The van der Waals surface area contributed by atoms with Gasteiger partial charge in [0.15, 0.2) is 0 Å². The van der Waals surface area contributed by atoms with Crippen molar-refractivity contribution in [1.82, 2.24) is 0 Å². The molecule has 0 saturated carbocycles. The highest BCUT2D eigenvalue weighted by molar-refractivity contribution is 7.17. The number of benzene rings is 2. The zero-order valence-electron chi connectivity index (χ0n) is 11.1. The summed E-state index contributed by atoms with van der Waals surface area (Å²) < 4.78 is 42.2. The van der Waals surface area contributed by atoms with Gasteiger partial charge in [-0.25, -0.2) is 0 Å². The Kier molecular flexibility index (Phi) is 3.62. The number of carbonyl (C=O) groups is 1. The van der Waals surface area contributed by atoms with E-state index in [9.17, 15) is 18.0 Å². The monoisotopic (exact) mass is 322 g/mol. The Bertz CT molecular complexity index is 837. The summed E-state index contributed by atoms with van der Waals surface area (Å²) in [5, 5.41) is 2.83. The predicted molar refractivity (Wildman–Crippen MR) is 79.3 cm³/mol. The van der Waals surface area contributed by atoms with Gasteiger partial charge in [-0.05, 0) is 46.8 Å². The molecule has 3 rings (SSSR count). The molecule has 6 heteroatoms. The molecule has 0 saturated heterocycles. The molecule has 1 aromatic heterocycles. The Morgan fingerprint density at radius 2 is 1.91 bits per heavy atom. The largest absolute Gasteiger partial charge is 0.573 e. The van der Waals surface area contributed by atoms with Crippen LogP contribution in [0.2, 0.25) is 0 Å². The van der Waals surface area contributed by atoms with E-state index in [1.807, 2.05) is 23.6 Å². The van der Waals surface area contributed by atoms with E-state index in [0.29, 0.717) is 11.8 Å². The fourth-order valence-electron chi connectivity index (χ4n) is 2.28. The van der Waals surface area contributed by atoms with Crippen LogP contribution in [-0.2, 0) is 0 Å². The molecular formula is C16H9F3O2S. The summed E-state index contributed by atoms with van der Waals surface area (Å²) in [5.41, 5.74) is 1.39. The van der Waals surface area contributed by atoms with Gasteiger partial charge in [0, 0.05) is 15.6 Å². The summed E-state index contributed by atoms with van der Waals surface area (Å²) in [6, 6.07) is 11.4. The van der Waals surface area contributed by atoms with E-state index >= 15 is 0 Å². The van der Waals surface area contributed by atoms with Crippen LogP contribution in [0.5, 0.6) is 5.75 Å². The molecule has 3 aromatic rings. The van der Waals surface area contributed by atoms with E-state index in [0.717, 1.165) is 21.7 Å². The molecule has 0 fully saturated rings. The molecule has 112 valence electrons. The highest BCUT2D eigenvalue weighted by Gasteiger charge is 2.31. The molecule has 0 spiro atoms. The molecule has 0 bridgehead atoms. The number of hydrogen-bond donors (Lipinski definition) is 0. The van der Waals surface area contributed by atoms with E-state index in [-0.39, 0.29) is 5.56 Å². The fraction of sp³-hybridized carbons (Fsp3) is 0.0625. The van der Waals surface area contributed by atoms with E-state index in [2.05, 4.69) is 4.74 Å². The van der Waals surface area contributed by atoms with Gasteiger partial charge >= 0.3 is 6.36 Å². The lowest BCUT2D eigenvalue weighted by atomic mass is 10.00. The van der Waals surface area contributed by atoms with Gasteiger partial charge in [-0.2, -0.15) is 0 Å². The molecule has 2 aromatic carbocycles. The number of hydrogen-bond acceptors (Lipinski definition) is 3. The molecule has 2 nitrogen and oxygen atoms in total. The number of thiophene rings is 1. The summed E-state index contributed by atoms with van der Waals surface area (Å²) in [4.78, 5) is 11.0. The van der Waals surface area contributed by atoms with E-state index in [1.165, 1.54) is 17.4 Å². The number of fused-ring (bicyclic) bond motifs is 1. The molecule has 0 aliphatic heterocycles. The van der Waals surface area contributed by atoms with Gasteiger partial charge in [0.05, 0.1) is 0 Å². The lowest BCUT2D eigenvalue weighted by Gasteiger charge is -2.12. The quantitative estimate of drug-likeness (QED) is 0.613. The first-order valence-corrected chi connectivity index (χ1v) is 7.17. The summed E-state index contributed by atoms with van der Waals surface area (Å²) in [5.74, 6) is -0.403. The third-order valence-electron chi connectivity index (χ3n) is 3.11. The number of alkyl halides is 3. The van der Waals surface area contributed by atoms with Crippen molar-refractivity contribution in [2.75, 3.05) is 0 Å². The zero-order valence-corrected chi connectivity index (χ0v) is 11.9. The summed E-state index contributed by atoms with van der Waals surface area (Å²) in [6.45, 7) is 0. The van der Waals surface area contributed by atoms with Crippen molar-refractivity contribution in [3.05, 3.63) is 53.4 Å². The minimum atomic E-state index is -4.80. The first kappa shape index (κ1) is 14.6. The van der Waals surface area contributed by atoms with Gasteiger partial charge in [-0.3, -0.25) is 4.79 Å². The Hall–Kier alpha value is -2.34. The van der Waals surface area contributed by atoms with Gasteiger partial charge in [-0.1, -0.05) is 12.1 Å². The topological polar surface area (TPSA) is 26.3 Å². The van der Waals surface area contributed by atoms with Crippen molar-refractivity contribution in [3.63, 3.8) is 0 Å². The van der Waals surface area contributed by atoms with Crippen molar-refractivity contribution in [1.29, 1.82) is 0 Å². The van der Waals surface area contributed by atoms with Gasteiger partial charge in [0.25, 0.3) is 0 Å². The second kappa shape index (κ2) is 5.46. The van der Waals surface area contributed by atoms with Crippen molar-refractivity contribution < 1.29 is 22.7 Å². The normalized spacial score (nSPS) is 11.6. The number of halogens is 3. The van der Waals surface area contributed by atoms with Crippen LogP contribution in [0.1, 0.15) is 10.4 Å². The highest BCUT2D eigenvalue weighted by atomic mass is 32.1. The molecule has 0 atom stereocenters. The van der Waals surface area contributed by atoms with Gasteiger partial charge < -0.3 is 4.74 Å². The summed E-state index contributed by atoms with van der Waals surface area (Å²) in [6.07, 6.45) is -4.30. The highest BCUT2D eigenvalue weighted by Crippen LogP contribution is 2.35. The number of ether oxygens (including phenoxy) is 1. The average molecular weight is 322 g/mol. The van der Waals surface area contributed by atoms with Crippen molar-refractivity contribution in [2.24, 2.45) is 0 Å².